The Bertz CT molecular complexity index is 501. The topological polar surface area (TPSA) is 61.4 Å². The van der Waals surface area contributed by atoms with E-state index in [4.69, 9.17) is 0 Å². The monoisotopic (exact) mass is 311 g/mol. The van der Waals surface area contributed by atoms with E-state index in [0.29, 0.717) is 17.7 Å². The maximum Gasteiger partial charge on any atom is 0.253 e. The molecule has 1 saturated heterocycles. The van der Waals surface area contributed by atoms with Crippen LogP contribution in [0.4, 0.5) is 0 Å². The summed E-state index contributed by atoms with van der Waals surface area (Å²) in [4.78, 5) is 25.9. The minimum Gasteiger partial charge on any atom is -0.348 e. The van der Waals surface area contributed by atoms with Gasteiger partial charge in [0.2, 0.25) is 0 Å². The van der Waals surface area contributed by atoms with Gasteiger partial charge in [-0.15, -0.1) is 12.4 Å². The van der Waals surface area contributed by atoms with Crippen LogP contribution in [0, 0.1) is 0 Å². The maximum absolute atomic E-state index is 12.2. The van der Waals surface area contributed by atoms with E-state index in [-0.39, 0.29) is 30.3 Å². The van der Waals surface area contributed by atoms with Crippen LogP contribution < -0.4 is 10.6 Å². The molecule has 6 heteroatoms. The Hall–Kier alpha value is -1.59. The third kappa shape index (κ3) is 4.44. The van der Waals surface area contributed by atoms with Crippen molar-refractivity contribution in [3.05, 3.63) is 35.4 Å². The van der Waals surface area contributed by atoms with Gasteiger partial charge in [-0.2, -0.15) is 0 Å². The van der Waals surface area contributed by atoms with Gasteiger partial charge in [0.15, 0.2) is 0 Å². The lowest BCUT2D eigenvalue weighted by atomic mass is 10.1. The van der Waals surface area contributed by atoms with Crippen LogP contribution >= 0.6 is 12.4 Å². The van der Waals surface area contributed by atoms with Crippen molar-refractivity contribution in [2.24, 2.45) is 0 Å². The summed E-state index contributed by atoms with van der Waals surface area (Å²) in [6.45, 7) is 4.30. The molecule has 0 spiro atoms. The van der Waals surface area contributed by atoms with Crippen LogP contribution in [0.15, 0.2) is 24.3 Å². The fraction of sp³-hybridized carbons (Fsp3) is 0.467. The van der Waals surface area contributed by atoms with Crippen molar-refractivity contribution in [1.29, 1.82) is 0 Å². The summed E-state index contributed by atoms with van der Waals surface area (Å²) in [7, 11) is 1.75. The van der Waals surface area contributed by atoms with E-state index in [9.17, 15) is 9.59 Å². The first-order valence-electron chi connectivity index (χ1n) is 6.99. The standard InChI is InChI=1S/C15H21N3O2.ClH/c1-3-18(2)15(20)12-6-4-5-11(9-12)14(19)17-13-7-8-16-10-13;/h4-6,9,13,16H,3,7-8,10H2,1-2H3,(H,17,19);1H. The minimum absolute atomic E-state index is 0. The summed E-state index contributed by atoms with van der Waals surface area (Å²) in [5, 5.41) is 6.18. The van der Waals surface area contributed by atoms with Crippen LogP contribution in [0.3, 0.4) is 0 Å². The summed E-state index contributed by atoms with van der Waals surface area (Å²) in [5.74, 6) is -0.183. The van der Waals surface area contributed by atoms with Crippen molar-refractivity contribution in [2.75, 3.05) is 26.7 Å². The van der Waals surface area contributed by atoms with Crippen molar-refractivity contribution < 1.29 is 9.59 Å². The van der Waals surface area contributed by atoms with Gasteiger partial charge < -0.3 is 15.5 Å². The van der Waals surface area contributed by atoms with E-state index in [0.717, 1.165) is 19.5 Å². The first kappa shape index (κ1) is 17.5. The smallest absolute Gasteiger partial charge is 0.253 e. The lowest BCUT2D eigenvalue weighted by Crippen LogP contribution is -2.36. The Balaban J connectivity index is 0.00000220. The highest BCUT2D eigenvalue weighted by molar-refractivity contribution is 5.99. The molecule has 0 radical (unpaired) electrons. The van der Waals surface area contributed by atoms with Gasteiger partial charge in [0.05, 0.1) is 0 Å². The quantitative estimate of drug-likeness (QED) is 0.881. The molecule has 0 saturated carbocycles. The van der Waals surface area contributed by atoms with Crippen LogP contribution in [0.2, 0.25) is 0 Å². The largest absolute Gasteiger partial charge is 0.348 e. The molecule has 2 rings (SSSR count). The molecule has 0 bridgehead atoms. The average Bonchev–Trinajstić information content (AvgIpc) is 2.98. The molecule has 0 aromatic heterocycles. The molecule has 1 unspecified atom stereocenters. The molecular formula is C15H22ClN3O2. The van der Waals surface area contributed by atoms with Crippen LogP contribution in [-0.2, 0) is 0 Å². The zero-order valence-corrected chi connectivity index (χ0v) is 13.2. The Morgan fingerprint density at radius 1 is 1.38 bits per heavy atom. The second-order valence-corrected chi connectivity index (χ2v) is 5.06. The van der Waals surface area contributed by atoms with Gasteiger partial charge in [-0.1, -0.05) is 6.07 Å². The first-order chi connectivity index (χ1) is 9.61. The van der Waals surface area contributed by atoms with Gasteiger partial charge in [0, 0.05) is 37.3 Å². The lowest BCUT2D eigenvalue weighted by Gasteiger charge is -2.15. The van der Waals surface area contributed by atoms with Gasteiger partial charge in [0.1, 0.15) is 0 Å². The molecule has 116 valence electrons. The lowest BCUT2D eigenvalue weighted by molar-refractivity contribution is 0.0802. The third-order valence-corrected chi connectivity index (χ3v) is 3.59. The molecular weight excluding hydrogens is 290 g/mol. The molecule has 1 aromatic rings. The van der Waals surface area contributed by atoms with Crippen LogP contribution in [0.1, 0.15) is 34.1 Å². The Morgan fingerprint density at radius 3 is 2.71 bits per heavy atom. The van der Waals surface area contributed by atoms with E-state index in [2.05, 4.69) is 10.6 Å². The fourth-order valence-corrected chi connectivity index (χ4v) is 2.20. The second kappa shape index (κ2) is 8.00. The Kier molecular flexibility index (Phi) is 6.65. The summed E-state index contributed by atoms with van der Waals surface area (Å²) in [6, 6.07) is 7.06. The van der Waals surface area contributed by atoms with Gasteiger partial charge >= 0.3 is 0 Å². The number of carbonyl (C=O) groups is 2. The number of hydrogen-bond donors (Lipinski definition) is 2. The molecule has 1 aliphatic heterocycles. The third-order valence-electron chi connectivity index (χ3n) is 3.59. The highest BCUT2D eigenvalue weighted by atomic mass is 35.5. The number of hydrogen-bond acceptors (Lipinski definition) is 3. The van der Waals surface area contributed by atoms with Crippen LogP contribution in [0.5, 0.6) is 0 Å². The number of carbonyl (C=O) groups excluding carboxylic acids is 2. The van der Waals surface area contributed by atoms with Gasteiger partial charge in [-0.3, -0.25) is 9.59 Å². The number of benzene rings is 1. The van der Waals surface area contributed by atoms with E-state index < -0.39 is 0 Å². The van der Waals surface area contributed by atoms with E-state index in [1.807, 2.05) is 6.92 Å². The predicted octanol–water partition coefficient (Wildman–Crippen LogP) is 1.29. The molecule has 0 aliphatic carbocycles. The van der Waals surface area contributed by atoms with Crippen molar-refractivity contribution in [3.63, 3.8) is 0 Å². The summed E-state index contributed by atoms with van der Waals surface area (Å²) < 4.78 is 0. The first-order valence-corrected chi connectivity index (χ1v) is 6.99. The number of rotatable bonds is 4. The van der Waals surface area contributed by atoms with Crippen molar-refractivity contribution in [2.45, 2.75) is 19.4 Å². The molecule has 1 aromatic carbocycles. The maximum atomic E-state index is 12.2. The highest BCUT2D eigenvalue weighted by Crippen LogP contribution is 2.09. The molecule has 5 nitrogen and oxygen atoms in total. The zero-order chi connectivity index (χ0) is 14.5. The number of halogens is 1. The molecule has 2 N–H and O–H groups in total. The van der Waals surface area contributed by atoms with Crippen molar-refractivity contribution >= 4 is 24.2 Å². The molecule has 1 atom stereocenters. The number of amides is 2. The summed E-state index contributed by atoms with van der Waals surface area (Å²) in [6.07, 6.45) is 0.947. The van der Waals surface area contributed by atoms with Crippen LogP contribution in [-0.4, -0.2) is 49.4 Å². The van der Waals surface area contributed by atoms with Gasteiger partial charge in [-0.25, -0.2) is 0 Å². The van der Waals surface area contributed by atoms with E-state index in [1.165, 1.54) is 0 Å². The second-order valence-electron chi connectivity index (χ2n) is 5.06. The van der Waals surface area contributed by atoms with Gasteiger partial charge in [-0.05, 0) is 38.1 Å². The average molecular weight is 312 g/mol. The van der Waals surface area contributed by atoms with E-state index in [1.54, 1.807) is 36.2 Å². The molecule has 1 heterocycles. The van der Waals surface area contributed by atoms with Gasteiger partial charge in [0.25, 0.3) is 11.8 Å². The predicted molar refractivity (Wildman–Crippen MR) is 85.1 cm³/mol. The fourth-order valence-electron chi connectivity index (χ4n) is 2.20. The minimum atomic E-state index is -0.118. The normalized spacial score (nSPS) is 17.0. The number of nitrogens with zero attached hydrogens (tertiary/aromatic N) is 1. The Morgan fingerprint density at radius 2 is 2.10 bits per heavy atom. The van der Waals surface area contributed by atoms with E-state index >= 15 is 0 Å². The SMILES string of the molecule is CCN(C)C(=O)c1cccc(C(=O)NC2CCNC2)c1.Cl. The van der Waals surface area contributed by atoms with Crippen LogP contribution in [0.25, 0.3) is 0 Å². The van der Waals surface area contributed by atoms with Crippen molar-refractivity contribution in [1.82, 2.24) is 15.5 Å². The molecule has 1 fully saturated rings. The Labute approximate surface area is 131 Å². The van der Waals surface area contributed by atoms with Crippen molar-refractivity contribution in [3.8, 4) is 0 Å². The summed E-state index contributed by atoms with van der Waals surface area (Å²) in [5.41, 5.74) is 1.08. The number of nitrogens with one attached hydrogen (secondary N) is 2. The molecule has 2 amide bonds. The molecule has 1 aliphatic rings. The molecule has 21 heavy (non-hydrogen) atoms. The highest BCUT2D eigenvalue weighted by Gasteiger charge is 2.18. The summed E-state index contributed by atoms with van der Waals surface area (Å²) >= 11 is 0. The zero-order valence-electron chi connectivity index (χ0n) is 12.4.